The van der Waals surface area contributed by atoms with Crippen molar-refractivity contribution in [3.8, 4) is 17.2 Å². The molecule has 0 aliphatic carbocycles. The van der Waals surface area contributed by atoms with E-state index >= 15 is 0 Å². The van der Waals surface area contributed by atoms with Crippen LogP contribution in [-0.2, 0) is 11.2 Å². The third-order valence-corrected chi connectivity index (χ3v) is 6.43. The number of phenolic OH excluding ortho intramolecular Hbond substituents is 3. The molecule has 3 aromatic rings. The van der Waals surface area contributed by atoms with E-state index in [1.165, 1.54) is 6.07 Å². The molecule has 0 unspecified atom stereocenters. The van der Waals surface area contributed by atoms with E-state index in [1.54, 1.807) is 25.1 Å². The summed E-state index contributed by atoms with van der Waals surface area (Å²) in [6.45, 7) is 1.45. The summed E-state index contributed by atoms with van der Waals surface area (Å²) in [4.78, 5) is 49.6. The summed E-state index contributed by atoms with van der Waals surface area (Å²) in [6, 6.07) is 9.92. The van der Waals surface area contributed by atoms with Crippen molar-refractivity contribution in [3.05, 3.63) is 75.0 Å². The molecule has 0 aliphatic heterocycles. The fraction of sp³-hybridized carbons (Fsp3) is 0.200. The lowest BCUT2D eigenvalue weighted by Crippen LogP contribution is -2.48. The van der Waals surface area contributed by atoms with Crippen molar-refractivity contribution in [2.24, 2.45) is 0 Å². The number of carboxylic acids is 1. The van der Waals surface area contributed by atoms with Crippen LogP contribution in [0.3, 0.4) is 0 Å². The molecule has 0 bridgehead atoms. The zero-order valence-electron chi connectivity index (χ0n) is 19.6. The number of hydrogen-bond donors (Lipinski definition) is 7. The zero-order valence-corrected chi connectivity index (χ0v) is 20.5. The van der Waals surface area contributed by atoms with Crippen LogP contribution in [0.1, 0.15) is 40.8 Å². The predicted octanol–water partition coefficient (Wildman–Crippen LogP) is 1.76. The second-order valence-electron chi connectivity index (χ2n) is 8.11. The Hall–Kier alpha value is -4.58. The minimum atomic E-state index is -1.48. The van der Waals surface area contributed by atoms with Crippen molar-refractivity contribution in [2.75, 3.05) is 13.1 Å². The molecule has 3 rings (SSSR count). The summed E-state index contributed by atoms with van der Waals surface area (Å²) in [5.74, 6) is -3.84. The van der Waals surface area contributed by atoms with Crippen LogP contribution in [0.5, 0.6) is 17.2 Å². The molecule has 3 amide bonds. The molecular formula is C25H25N3O8S. The van der Waals surface area contributed by atoms with Gasteiger partial charge in [-0.05, 0) is 54.8 Å². The van der Waals surface area contributed by atoms with E-state index in [0.717, 1.165) is 35.1 Å². The average Bonchev–Trinajstić information content (AvgIpc) is 3.22. The van der Waals surface area contributed by atoms with Gasteiger partial charge < -0.3 is 36.4 Å². The van der Waals surface area contributed by atoms with Gasteiger partial charge in [0.05, 0.1) is 9.75 Å². The average molecular weight is 528 g/mol. The molecule has 0 fully saturated rings. The quantitative estimate of drug-likeness (QED) is 0.208. The minimum Gasteiger partial charge on any atom is -0.508 e. The van der Waals surface area contributed by atoms with Gasteiger partial charge in [-0.25, -0.2) is 4.79 Å². The van der Waals surface area contributed by atoms with E-state index < -0.39 is 36.3 Å². The number of hydrogen-bond acceptors (Lipinski definition) is 8. The van der Waals surface area contributed by atoms with Gasteiger partial charge in [0.2, 0.25) is 0 Å². The number of benzene rings is 2. The van der Waals surface area contributed by atoms with E-state index in [9.17, 15) is 39.6 Å². The molecule has 0 spiro atoms. The third-order valence-electron chi connectivity index (χ3n) is 5.19. The number of carbonyl (C=O) groups excluding carboxylic acids is 3. The molecule has 0 saturated carbocycles. The molecule has 1 heterocycles. The maximum absolute atomic E-state index is 12.8. The number of aryl methyl sites for hydroxylation is 1. The summed E-state index contributed by atoms with van der Waals surface area (Å²) in [5.41, 5.74) is 1.22. The van der Waals surface area contributed by atoms with E-state index in [1.807, 2.05) is 6.07 Å². The van der Waals surface area contributed by atoms with Crippen LogP contribution in [0.4, 0.5) is 0 Å². The summed E-state index contributed by atoms with van der Waals surface area (Å²) in [5, 5.41) is 45.4. The lowest BCUT2D eigenvalue weighted by molar-refractivity contribution is -0.139. The van der Waals surface area contributed by atoms with Gasteiger partial charge in [0.15, 0.2) is 0 Å². The van der Waals surface area contributed by atoms with E-state index in [-0.39, 0.29) is 32.6 Å². The number of amides is 3. The van der Waals surface area contributed by atoms with Crippen molar-refractivity contribution in [1.29, 1.82) is 0 Å². The van der Waals surface area contributed by atoms with Gasteiger partial charge >= 0.3 is 5.97 Å². The molecule has 7 N–H and O–H groups in total. The Bertz CT molecular complexity index is 1320. The maximum atomic E-state index is 12.8. The van der Waals surface area contributed by atoms with Crippen molar-refractivity contribution in [2.45, 2.75) is 19.4 Å². The van der Waals surface area contributed by atoms with Gasteiger partial charge in [-0.3, -0.25) is 14.4 Å². The molecule has 0 saturated heterocycles. The Morgan fingerprint density at radius 2 is 1.57 bits per heavy atom. The summed E-state index contributed by atoms with van der Waals surface area (Å²) >= 11 is 0.903. The van der Waals surface area contributed by atoms with Gasteiger partial charge in [0.25, 0.3) is 17.7 Å². The van der Waals surface area contributed by atoms with Crippen molar-refractivity contribution in [3.63, 3.8) is 0 Å². The molecule has 0 radical (unpaired) electrons. The molecule has 12 heteroatoms. The lowest BCUT2D eigenvalue weighted by Gasteiger charge is -2.15. The Balaban J connectivity index is 1.58. The highest BCUT2D eigenvalue weighted by Crippen LogP contribution is 2.22. The molecular weight excluding hydrogens is 502 g/mol. The number of carbonyl (C=O) groups is 4. The molecule has 0 aliphatic rings. The zero-order chi connectivity index (χ0) is 27.1. The lowest BCUT2D eigenvalue weighted by atomic mass is 10.1. The fourth-order valence-corrected chi connectivity index (χ4v) is 4.38. The number of nitrogens with one attached hydrogen (secondary N) is 3. The van der Waals surface area contributed by atoms with Crippen LogP contribution in [0.15, 0.2) is 48.5 Å². The number of carboxylic acid groups (broad SMARTS) is 1. The van der Waals surface area contributed by atoms with Gasteiger partial charge in [0.1, 0.15) is 23.3 Å². The third kappa shape index (κ3) is 7.45. The van der Waals surface area contributed by atoms with E-state index in [4.69, 9.17) is 0 Å². The summed E-state index contributed by atoms with van der Waals surface area (Å²) in [7, 11) is 0. The van der Waals surface area contributed by atoms with Gasteiger partial charge in [-0.15, -0.1) is 11.3 Å². The first-order valence-electron chi connectivity index (χ1n) is 11.0. The largest absolute Gasteiger partial charge is 0.508 e. The van der Waals surface area contributed by atoms with Gasteiger partial charge in [-0.2, -0.15) is 0 Å². The van der Waals surface area contributed by atoms with Crippen LogP contribution in [-0.4, -0.2) is 63.2 Å². The Morgan fingerprint density at radius 1 is 0.865 bits per heavy atom. The van der Waals surface area contributed by atoms with E-state index in [2.05, 4.69) is 16.0 Å². The first-order chi connectivity index (χ1) is 17.5. The number of aromatic hydroxyl groups is 3. The second kappa shape index (κ2) is 11.9. The van der Waals surface area contributed by atoms with Crippen LogP contribution >= 0.6 is 11.3 Å². The predicted molar refractivity (Wildman–Crippen MR) is 134 cm³/mol. The summed E-state index contributed by atoms with van der Waals surface area (Å²) < 4.78 is 0. The topological polar surface area (TPSA) is 185 Å². The molecule has 11 nitrogen and oxygen atoms in total. The van der Waals surface area contributed by atoms with Crippen LogP contribution in [0.25, 0.3) is 0 Å². The maximum Gasteiger partial charge on any atom is 0.328 e. The number of thiophene rings is 1. The molecule has 1 atom stereocenters. The SMILES string of the molecule is Cc1cc(C(=O)NCCc2cccc(O)c2)sc1C(=O)N[C@@H](CNC(=O)c1cc(O)cc(O)c1)C(=O)O. The highest BCUT2D eigenvalue weighted by Gasteiger charge is 2.25. The fourth-order valence-electron chi connectivity index (χ4n) is 3.39. The molecule has 1 aromatic heterocycles. The van der Waals surface area contributed by atoms with Crippen molar-refractivity contribution < 1.29 is 39.6 Å². The molecule has 194 valence electrons. The number of rotatable bonds is 10. The van der Waals surface area contributed by atoms with Crippen LogP contribution in [0.2, 0.25) is 0 Å². The highest BCUT2D eigenvalue weighted by atomic mass is 32.1. The Labute approximate surface area is 215 Å². The molecule has 37 heavy (non-hydrogen) atoms. The Kier molecular flexibility index (Phi) is 8.69. The van der Waals surface area contributed by atoms with Crippen molar-refractivity contribution >= 4 is 35.0 Å². The standard InChI is InChI=1S/C25H25N3O8S/c1-13-7-20(23(33)26-6-5-14-3-2-4-16(29)8-14)37-21(13)24(34)28-19(25(35)36)12-27-22(32)15-9-17(30)11-18(31)10-15/h2-4,7-11,19,29-31H,5-6,12H2,1H3,(H,26,33)(H,27,32)(H,28,34)(H,35,36)/t19-/m0/s1. The second-order valence-corrected chi connectivity index (χ2v) is 9.16. The molecule has 2 aromatic carbocycles. The smallest absolute Gasteiger partial charge is 0.328 e. The van der Waals surface area contributed by atoms with E-state index in [0.29, 0.717) is 18.5 Å². The highest BCUT2D eigenvalue weighted by molar-refractivity contribution is 7.16. The van der Waals surface area contributed by atoms with Crippen LogP contribution in [0, 0.1) is 6.92 Å². The Morgan fingerprint density at radius 3 is 2.22 bits per heavy atom. The van der Waals surface area contributed by atoms with Crippen LogP contribution < -0.4 is 16.0 Å². The summed E-state index contributed by atoms with van der Waals surface area (Å²) in [6.07, 6.45) is 0.492. The monoisotopic (exact) mass is 527 g/mol. The van der Waals surface area contributed by atoms with Gasteiger partial charge in [-0.1, -0.05) is 12.1 Å². The first kappa shape index (κ1) is 27.0. The number of phenols is 3. The first-order valence-corrected chi connectivity index (χ1v) is 11.9. The minimum absolute atomic E-state index is 0.0956. The van der Waals surface area contributed by atoms with Crippen molar-refractivity contribution in [1.82, 2.24) is 16.0 Å². The normalized spacial score (nSPS) is 11.4. The van der Waals surface area contributed by atoms with Gasteiger partial charge in [0, 0.05) is 24.7 Å². The number of aliphatic carboxylic acids is 1.